The molecule has 126 valence electrons. The second kappa shape index (κ2) is 6.49. The van der Waals surface area contributed by atoms with Gasteiger partial charge in [-0.3, -0.25) is 9.78 Å². The standard InChI is InChI=1S/C19H18N4O2/c20-18-5-1-4-16(22-18)17-12-23(9-10-25-17)19(24)14-6-7-15-13(11-14)3-2-8-21-15/h1-8,11,17H,9-10,12H2,(H2,20,22). The molecule has 0 aliphatic carbocycles. The first-order valence-corrected chi connectivity index (χ1v) is 8.19. The second-order valence-electron chi connectivity index (χ2n) is 6.01. The van der Waals surface area contributed by atoms with E-state index in [1.165, 1.54) is 0 Å². The molecule has 1 amide bonds. The molecule has 1 atom stereocenters. The first kappa shape index (κ1) is 15.5. The number of hydrogen-bond donors (Lipinski definition) is 1. The summed E-state index contributed by atoms with van der Waals surface area (Å²) >= 11 is 0. The lowest BCUT2D eigenvalue weighted by molar-refractivity contribution is -0.0246. The van der Waals surface area contributed by atoms with Crippen molar-refractivity contribution >= 4 is 22.6 Å². The Kier molecular flexibility index (Phi) is 4.03. The van der Waals surface area contributed by atoms with Crippen LogP contribution in [-0.2, 0) is 4.74 Å². The van der Waals surface area contributed by atoms with Crippen molar-refractivity contribution in [3.63, 3.8) is 0 Å². The number of benzene rings is 1. The number of anilines is 1. The number of fused-ring (bicyclic) bond motifs is 1. The number of amides is 1. The zero-order chi connectivity index (χ0) is 17.2. The van der Waals surface area contributed by atoms with Crippen molar-refractivity contribution in [3.8, 4) is 0 Å². The van der Waals surface area contributed by atoms with Crippen molar-refractivity contribution in [3.05, 3.63) is 66.0 Å². The van der Waals surface area contributed by atoms with Crippen molar-refractivity contribution < 1.29 is 9.53 Å². The topological polar surface area (TPSA) is 81.3 Å². The number of morpholine rings is 1. The van der Waals surface area contributed by atoms with E-state index in [0.717, 1.165) is 16.6 Å². The van der Waals surface area contributed by atoms with Crippen LogP contribution >= 0.6 is 0 Å². The third kappa shape index (κ3) is 3.16. The molecular formula is C19H18N4O2. The van der Waals surface area contributed by atoms with Crippen molar-refractivity contribution in [2.45, 2.75) is 6.10 Å². The van der Waals surface area contributed by atoms with E-state index in [-0.39, 0.29) is 12.0 Å². The van der Waals surface area contributed by atoms with Crippen LogP contribution in [0.1, 0.15) is 22.2 Å². The number of aromatic nitrogens is 2. The fourth-order valence-electron chi connectivity index (χ4n) is 3.05. The Morgan fingerprint density at radius 1 is 1.20 bits per heavy atom. The SMILES string of the molecule is Nc1cccc(C2CN(C(=O)c3ccc4ncccc4c3)CCO2)n1. The van der Waals surface area contributed by atoms with Crippen molar-refractivity contribution in [1.82, 2.24) is 14.9 Å². The van der Waals surface area contributed by atoms with E-state index in [4.69, 9.17) is 10.5 Å². The van der Waals surface area contributed by atoms with E-state index in [2.05, 4.69) is 9.97 Å². The maximum Gasteiger partial charge on any atom is 0.254 e. The summed E-state index contributed by atoms with van der Waals surface area (Å²) in [6, 6.07) is 14.9. The number of carbonyl (C=O) groups is 1. The first-order valence-electron chi connectivity index (χ1n) is 8.19. The summed E-state index contributed by atoms with van der Waals surface area (Å²) in [5.74, 6) is 0.439. The number of pyridine rings is 2. The molecular weight excluding hydrogens is 316 g/mol. The van der Waals surface area contributed by atoms with Gasteiger partial charge in [0.1, 0.15) is 11.9 Å². The summed E-state index contributed by atoms with van der Waals surface area (Å²) in [6.45, 7) is 1.49. The quantitative estimate of drug-likeness (QED) is 0.778. The normalized spacial score (nSPS) is 17.6. The minimum Gasteiger partial charge on any atom is -0.384 e. The average molecular weight is 334 g/mol. The highest BCUT2D eigenvalue weighted by Gasteiger charge is 2.27. The van der Waals surface area contributed by atoms with Gasteiger partial charge in [-0.2, -0.15) is 0 Å². The molecule has 1 aliphatic rings. The van der Waals surface area contributed by atoms with Crippen LogP contribution in [0.5, 0.6) is 0 Å². The van der Waals surface area contributed by atoms with E-state index >= 15 is 0 Å². The molecule has 2 N–H and O–H groups in total. The highest BCUT2D eigenvalue weighted by molar-refractivity contribution is 5.98. The first-order chi connectivity index (χ1) is 12.2. The van der Waals surface area contributed by atoms with Gasteiger partial charge in [-0.1, -0.05) is 12.1 Å². The summed E-state index contributed by atoms with van der Waals surface area (Å²) in [5.41, 5.74) is 8.03. The molecule has 0 radical (unpaired) electrons. The van der Waals surface area contributed by atoms with E-state index in [1.807, 2.05) is 42.5 Å². The van der Waals surface area contributed by atoms with Crippen molar-refractivity contribution in [2.75, 3.05) is 25.4 Å². The van der Waals surface area contributed by atoms with Gasteiger partial charge in [0.15, 0.2) is 0 Å². The lowest BCUT2D eigenvalue weighted by Crippen LogP contribution is -2.42. The Hall–Kier alpha value is -2.99. The van der Waals surface area contributed by atoms with Gasteiger partial charge in [0.25, 0.3) is 5.91 Å². The van der Waals surface area contributed by atoms with E-state index < -0.39 is 0 Å². The number of nitrogens with zero attached hydrogens (tertiary/aromatic N) is 3. The van der Waals surface area contributed by atoms with Crippen LogP contribution in [-0.4, -0.2) is 40.5 Å². The lowest BCUT2D eigenvalue weighted by Gasteiger charge is -2.32. The van der Waals surface area contributed by atoms with Gasteiger partial charge in [-0.25, -0.2) is 4.98 Å². The third-order valence-corrected chi connectivity index (χ3v) is 4.33. The van der Waals surface area contributed by atoms with E-state index in [0.29, 0.717) is 31.1 Å². The predicted octanol–water partition coefficient (Wildman–Crippen LogP) is 2.43. The molecule has 1 aromatic carbocycles. The monoisotopic (exact) mass is 334 g/mol. The second-order valence-corrected chi connectivity index (χ2v) is 6.01. The molecule has 1 saturated heterocycles. The molecule has 3 aromatic rings. The summed E-state index contributed by atoms with van der Waals surface area (Å²) in [5, 5.41) is 0.954. The van der Waals surface area contributed by atoms with Gasteiger partial charge >= 0.3 is 0 Å². The molecule has 1 unspecified atom stereocenters. The molecule has 6 nitrogen and oxygen atoms in total. The van der Waals surface area contributed by atoms with Crippen LogP contribution < -0.4 is 5.73 Å². The summed E-state index contributed by atoms with van der Waals surface area (Å²) in [6.07, 6.45) is 1.48. The number of hydrogen-bond acceptors (Lipinski definition) is 5. The molecule has 6 heteroatoms. The van der Waals surface area contributed by atoms with Crippen LogP contribution in [0.15, 0.2) is 54.7 Å². The Balaban J connectivity index is 1.56. The van der Waals surface area contributed by atoms with Crippen LogP contribution in [0.3, 0.4) is 0 Å². The molecule has 0 bridgehead atoms. The maximum absolute atomic E-state index is 12.9. The lowest BCUT2D eigenvalue weighted by atomic mass is 10.1. The van der Waals surface area contributed by atoms with Crippen LogP contribution in [0.4, 0.5) is 5.82 Å². The highest BCUT2D eigenvalue weighted by Crippen LogP contribution is 2.23. The Morgan fingerprint density at radius 3 is 3.00 bits per heavy atom. The van der Waals surface area contributed by atoms with E-state index in [1.54, 1.807) is 17.2 Å². The maximum atomic E-state index is 12.9. The third-order valence-electron chi connectivity index (χ3n) is 4.33. The molecule has 1 aliphatic heterocycles. The number of rotatable bonds is 2. The summed E-state index contributed by atoms with van der Waals surface area (Å²) < 4.78 is 5.78. The van der Waals surface area contributed by atoms with Gasteiger partial charge in [0, 0.05) is 23.7 Å². The zero-order valence-corrected chi connectivity index (χ0v) is 13.6. The zero-order valence-electron chi connectivity index (χ0n) is 13.6. The predicted molar refractivity (Wildman–Crippen MR) is 95.0 cm³/mol. The Bertz CT molecular complexity index is 928. The minimum atomic E-state index is -0.261. The van der Waals surface area contributed by atoms with Crippen LogP contribution in [0.25, 0.3) is 10.9 Å². The minimum absolute atomic E-state index is 0.0112. The molecule has 4 rings (SSSR count). The number of nitrogens with two attached hydrogens (primary N) is 1. The van der Waals surface area contributed by atoms with Crippen molar-refractivity contribution in [2.24, 2.45) is 0 Å². The Labute approximate surface area is 145 Å². The average Bonchev–Trinajstić information content (AvgIpc) is 2.67. The summed E-state index contributed by atoms with van der Waals surface area (Å²) in [7, 11) is 0. The van der Waals surface area contributed by atoms with Gasteiger partial charge in [-0.05, 0) is 36.4 Å². The smallest absolute Gasteiger partial charge is 0.254 e. The van der Waals surface area contributed by atoms with Gasteiger partial charge < -0.3 is 15.4 Å². The Morgan fingerprint density at radius 2 is 2.12 bits per heavy atom. The van der Waals surface area contributed by atoms with E-state index in [9.17, 15) is 4.79 Å². The number of nitrogen functional groups attached to an aromatic ring is 1. The largest absolute Gasteiger partial charge is 0.384 e. The van der Waals surface area contributed by atoms with Crippen LogP contribution in [0, 0.1) is 0 Å². The molecule has 2 aromatic heterocycles. The van der Waals surface area contributed by atoms with Gasteiger partial charge in [0.2, 0.25) is 0 Å². The molecule has 3 heterocycles. The molecule has 1 fully saturated rings. The molecule has 25 heavy (non-hydrogen) atoms. The molecule has 0 saturated carbocycles. The fraction of sp³-hybridized carbons (Fsp3) is 0.211. The van der Waals surface area contributed by atoms with Crippen molar-refractivity contribution in [1.29, 1.82) is 0 Å². The van der Waals surface area contributed by atoms with Crippen LogP contribution in [0.2, 0.25) is 0 Å². The summed E-state index contributed by atoms with van der Waals surface area (Å²) in [4.78, 5) is 23.3. The van der Waals surface area contributed by atoms with Gasteiger partial charge in [0.05, 0.1) is 24.4 Å². The number of carbonyl (C=O) groups excluding carboxylic acids is 1. The fourth-order valence-corrected chi connectivity index (χ4v) is 3.05. The molecule has 0 spiro atoms. The number of ether oxygens (including phenoxy) is 1. The van der Waals surface area contributed by atoms with Gasteiger partial charge in [-0.15, -0.1) is 0 Å². The highest BCUT2D eigenvalue weighted by atomic mass is 16.5.